The lowest BCUT2D eigenvalue weighted by atomic mass is 10.3. The van der Waals surface area contributed by atoms with E-state index in [1.807, 2.05) is 0 Å². The van der Waals surface area contributed by atoms with Gasteiger partial charge >= 0.3 is 0 Å². The van der Waals surface area contributed by atoms with Gasteiger partial charge in [0.25, 0.3) is 0 Å². The van der Waals surface area contributed by atoms with Crippen LogP contribution >= 0.6 is 0 Å². The average molecular weight is 255 g/mol. The molecule has 0 spiro atoms. The summed E-state index contributed by atoms with van der Waals surface area (Å²) in [6, 6.07) is 6.52. The molecule has 0 heterocycles. The molecule has 4 heteroatoms. The largest absolute Gasteiger partial charge is 0.491 e. The van der Waals surface area contributed by atoms with E-state index in [0.29, 0.717) is 31.6 Å². The first-order chi connectivity index (χ1) is 8.72. The summed E-state index contributed by atoms with van der Waals surface area (Å²) in [5.74, 6) is 0.410. The summed E-state index contributed by atoms with van der Waals surface area (Å²) in [4.78, 5) is 0. The fourth-order valence-electron chi connectivity index (χ4n) is 1.37. The molecule has 3 nitrogen and oxygen atoms in total. The number of hydrogen-bond acceptors (Lipinski definition) is 3. The van der Waals surface area contributed by atoms with E-state index in [-0.39, 0.29) is 5.82 Å². The Balaban J connectivity index is 1.97. The van der Waals surface area contributed by atoms with E-state index in [9.17, 15) is 4.39 Å². The molecule has 0 saturated carbocycles. The Hall–Kier alpha value is -1.13. The molecule has 0 saturated heterocycles. The van der Waals surface area contributed by atoms with E-state index in [0.717, 1.165) is 13.0 Å². The van der Waals surface area contributed by atoms with Gasteiger partial charge in [-0.05, 0) is 37.6 Å². The molecule has 1 rings (SSSR count). The van der Waals surface area contributed by atoms with Gasteiger partial charge in [-0.25, -0.2) is 4.39 Å². The Labute approximate surface area is 108 Å². The van der Waals surface area contributed by atoms with Crippen molar-refractivity contribution in [2.75, 3.05) is 26.4 Å². The van der Waals surface area contributed by atoms with Crippen molar-refractivity contribution < 1.29 is 13.9 Å². The molecule has 0 radical (unpaired) electrons. The monoisotopic (exact) mass is 255 g/mol. The van der Waals surface area contributed by atoms with Crippen LogP contribution in [-0.4, -0.2) is 32.4 Å². The van der Waals surface area contributed by atoms with Crippen LogP contribution in [0.4, 0.5) is 4.39 Å². The quantitative estimate of drug-likeness (QED) is 0.688. The van der Waals surface area contributed by atoms with E-state index in [1.54, 1.807) is 12.1 Å². The third kappa shape index (κ3) is 6.57. The predicted octanol–water partition coefficient (Wildman–Crippen LogP) is 2.61. The van der Waals surface area contributed by atoms with Gasteiger partial charge in [0.2, 0.25) is 0 Å². The van der Waals surface area contributed by atoms with Gasteiger partial charge in [-0.15, -0.1) is 0 Å². The van der Waals surface area contributed by atoms with Crippen molar-refractivity contribution in [2.45, 2.75) is 26.3 Å². The smallest absolute Gasteiger partial charge is 0.123 e. The number of rotatable bonds is 9. The molecule has 102 valence electrons. The minimum Gasteiger partial charge on any atom is -0.491 e. The zero-order chi connectivity index (χ0) is 13.2. The molecule has 1 aromatic carbocycles. The Morgan fingerprint density at radius 1 is 1.17 bits per heavy atom. The molecule has 1 N–H and O–H groups in total. The van der Waals surface area contributed by atoms with Crippen LogP contribution in [-0.2, 0) is 4.74 Å². The fraction of sp³-hybridized carbons (Fsp3) is 0.571. The molecule has 0 bridgehead atoms. The third-order valence-corrected chi connectivity index (χ3v) is 2.66. The first kappa shape index (κ1) is 14.9. The molecule has 0 amide bonds. The highest BCUT2D eigenvalue weighted by Gasteiger charge is 1.97. The molecule has 1 atom stereocenters. The lowest BCUT2D eigenvalue weighted by molar-refractivity contribution is 0.100. The molecular formula is C14H22FNO2. The maximum atomic E-state index is 12.6. The number of benzene rings is 1. The van der Waals surface area contributed by atoms with Crippen molar-refractivity contribution in [3.63, 3.8) is 0 Å². The van der Waals surface area contributed by atoms with Gasteiger partial charge < -0.3 is 14.8 Å². The van der Waals surface area contributed by atoms with Gasteiger partial charge in [-0.3, -0.25) is 0 Å². The summed E-state index contributed by atoms with van der Waals surface area (Å²) in [5.41, 5.74) is 0. The van der Waals surface area contributed by atoms with Crippen LogP contribution in [0.3, 0.4) is 0 Å². The molecule has 0 unspecified atom stereocenters. The van der Waals surface area contributed by atoms with Crippen LogP contribution < -0.4 is 10.1 Å². The number of nitrogens with one attached hydrogen (secondary N) is 1. The van der Waals surface area contributed by atoms with Gasteiger partial charge in [0.05, 0.1) is 13.2 Å². The summed E-state index contributed by atoms with van der Waals surface area (Å²) in [6.07, 6.45) is 1.12. The molecule has 1 aromatic rings. The van der Waals surface area contributed by atoms with Crippen molar-refractivity contribution >= 4 is 0 Å². The second-order valence-electron chi connectivity index (χ2n) is 4.18. The lowest BCUT2D eigenvalue weighted by Crippen LogP contribution is -2.29. The zero-order valence-electron chi connectivity index (χ0n) is 11.1. The second-order valence-corrected chi connectivity index (χ2v) is 4.18. The van der Waals surface area contributed by atoms with Crippen LogP contribution in [0.2, 0.25) is 0 Å². The van der Waals surface area contributed by atoms with Crippen LogP contribution in [0.15, 0.2) is 24.3 Å². The Bertz CT molecular complexity index is 316. The Morgan fingerprint density at radius 3 is 2.56 bits per heavy atom. The fourth-order valence-corrected chi connectivity index (χ4v) is 1.37. The van der Waals surface area contributed by atoms with Crippen LogP contribution in [0.5, 0.6) is 5.75 Å². The minimum atomic E-state index is -0.255. The molecule has 0 aliphatic rings. The minimum absolute atomic E-state index is 0.255. The lowest BCUT2D eigenvalue weighted by Gasteiger charge is -2.11. The van der Waals surface area contributed by atoms with Gasteiger partial charge in [0.1, 0.15) is 18.2 Å². The van der Waals surface area contributed by atoms with Crippen LogP contribution in [0, 0.1) is 5.82 Å². The topological polar surface area (TPSA) is 30.5 Å². The summed E-state index contributed by atoms with van der Waals surface area (Å²) in [7, 11) is 0. The normalized spacial score (nSPS) is 12.4. The Morgan fingerprint density at radius 2 is 1.89 bits per heavy atom. The standard InChI is InChI=1S/C14H22FNO2/c1-3-12(2)16-8-9-17-10-11-18-14-6-4-13(15)5-7-14/h4-7,12,16H,3,8-11H2,1-2H3/t12-/m1/s1. The summed E-state index contributed by atoms with van der Waals surface area (Å²) >= 11 is 0. The van der Waals surface area contributed by atoms with Gasteiger partial charge in [-0.2, -0.15) is 0 Å². The predicted molar refractivity (Wildman–Crippen MR) is 70.5 cm³/mol. The Kier molecular flexibility index (Phi) is 7.37. The van der Waals surface area contributed by atoms with Crippen molar-refractivity contribution in [3.8, 4) is 5.75 Å². The summed E-state index contributed by atoms with van der Waals surface area (Å²) in [5, 5.41) is 3.34. The SMILES string of the molecule is CC[C@@H](C)NCCOCCOc1ccc(F)cc1. The first-order valence-corrected chi connectivity index (χ1v) is 6.42. The summed E-state index contributed by atoms with van der Waals surface area (Å²) < 4.78 is 23.4. The third-order valence-electron chi connectivity index (χ3n) is 2.66. The second kappa shape index (κ2) is 8.89. The highest BCUT2D eigenvalue weighted by molar-refractivity contribution is 5.21. The van der Waals surface area contributed by atoms with E-state index >= 15 is 0 Å². The molecule has 0 fully saturated rings. The molecule has 0 aliphatic carbocycles. The maximum absolute atomic E-state index is 12.6. The van der Waals surface area contributed by atoms with E-state index in [4.69, 9.17) is 9.47 Å². The van der Waals surface area contributed by atoms with Crippen molar-refractivity contribution in [2.24, 2.45) is 0 Å². The average Bonchev–Trinajstić information content (AvgIpc) is 2.39. The molecular weight excluding hydrogens is 233 g/mol. The molecule has 0 aromatic heterocycles. The van der Waals surface area contributed by atoms with E-state index in [1.165, 1.54) is 12.1 Å². The number of hydrogen-bond donors (Lipinski definition) is 1. The van der Waals surface area contributed by atoms with Gasteiger partial charge in [0, 0.05) is 12.6 Å². The number of halogens is 1. The first-order valence-electron chi connectivity index (χ1n) is 6.42. The van der Waals surface area contributed by atoms with Crippen molar-refractivity contribution in [3.05, 3.63) is 30.1 Å². The van der Waals surface area contributed by atoms with E-state index in [2.05, 4.69) is 19.2 Å². The summed E-state index contributed by atoms with van der Waals surface area (Å²) in [6.45, 7) is 6.85. The van der Waals surface area contributed by atoms with Crippen molar-refractivity contribution in [1.29, 1.82) is 0 Å². The van der Waals surface area contributed by atoms with Gasteiger partial charge in [0.15, 0.2) is 0 Å². The highest BCUT2D eigenvalue weighted by atomic mass is 19.1. The van der Waals surface area contributed by atoms with Gasteiger partial charge in [-0.1, -0.05) is 6.92 Å². The maximum Gasteiger partial charge on any atom is 0.123 e. The van der Waals surface area contributed by atoms with Crippen molar-refractivity contribution in [1.82, 2.24) is 5.32 Å². The highest BCUT2D eigenvalue weighted by Crippen LogP contribution is 2.10. The van der Waals surface area contributed by atoms with Crippen LogP contribution in [0.1, 0.15) is 20.3 Å². The number of ether oxygens (including phenoxy) is 2. The molecule has 0 aliphatic heterocycles. The van der Waals surface area contributed by atoms with Crippen LogP contribution in [0.25, 0.3) is 0 Å². The zero-order valence-corrected chi connectivity index (χ0v) is 11.1. The molecule has 18 heavy (non-hydrogen) atoms. The van der Waals surface area contributed by atoms with E-state index < -0.39 is 0 Å².